The third-order valence-electron chi connectivity index (χ3n) is 3.81. The van der Waals surface area contributed by atoms with Crippen LogP contribution in [0.25, 0.3) is 10.2 Å². The summed E-state index contributed by atoms with van der Waals surface area (Å²) in [6.45, 7) is 3.83. The fraction of sp³-hybridized carbons (Fsp3) is 0.500. The molecule has 5 nitrogen and oxygen atoms in total. The number of nitrogens with zero attached hydrogens (tertiary/aromatic N) is 3. The lowest BCUT2D eigenvalue weighted by Gasteiger charge is -2.32. The number of hydrogen-bond donors (Lipinski definition) is 1. The molecule has 0 atom stereocenters. The van der Waals surface area contributed by atoms with Crippen LogP contribution in [0.3, 0.4) is 0 Å². The van der Waals surface area contributed by atoms with Gasteiger partial charge in [0, 0.05) is 24.4 Å². The molecular weight excluding hydrogens is 274 g/mol. The third kappa shape index (κ3) is 2.60. The highest BCUT2D eigenvalue weighted by atomic mass is 32.1. The zero-order chi connectivity index (χ0) is 14.1. The van der Waals surface area contributed by atoms with Crippen molar-refractivity contribution in [3.05, 3.63) is 17.3 Å². The molecule has 0 spiro atoms. The highest BCUT2D eigenvalue weighted by Gasteiger charge is 2.23. The van der Waals surface area contributed by atoms with Crippen LogP contribution in [0.1, 0.15) is 24.1 Å². The predicted molar refractivity (Wildman–Crippen MR) is 79.3 cm³/mol. The number of rotatable bonds is 3. The van der Waals surface area contributed by atoms with Gasteiger partial charge in [-0.1, -0.05) is 0 Å². The van der Waals surface area contributed by atoms with E-state index in [0.717, 1.165) is 42.0 Å². The Labute approximate surface area is 121 Å². The molecule has 20 heavy (non-hydrogen) atoms. The lowest BCUT2D eigenvalue weighted by atomic mass is 9.93. The fourth-order valence-corrected chi connectivity index (χ4v) is 3.65. The summed E-state index contributed by atoms with van der Waals surface area (Å²) in [4.78, 5) is 24.0. The van der Waals surface area contributed by atoms with E-state index >= 15 is 0 Å². The molecule has 106 valence electrons. The van der Waals surface area contributed by atoms with Crippen LogP contribution < -0.4 is 4.90 Å². The fourth-order valence-electron chi connectivity index (χ4n) is 2.81. The van der Waals surface area contributed by atoms with E-state index < -0.39 is 5.97 Å². The van der Waals surface area contributed by atoms with Crippen LogP contribution in [0, 0.1) is 12.8 Å². The van der Waals surface area contributed by atoms with Crippen LogP contribution in [-0.4, -0.2) is 34.1 Å². The van der Waals surface area contributed by atoms with Crippen LogP contribution >= 0.6 is 11.3 Å². The summed E-state index contributed by atoms with van der Waals surface area (Å²) in [5, 5.41) is 9.98. The number of aromatic nitrogens is 2. The van der Waals surface area contributed by atoms with Gasteiger partial charge in [-0.25, -0.2) is 9.97 Å². The van der Waals surface area contributed by atoms with E-state index in [1.165, 1.54) is 4.88 Å². The summed E-state index contributed by atoms with van der Waals surface area (Å²) >= 11 is 1.68. The molecule has 1 fully saturated rings. The topological polar surface area (TPSA) is 66.3 Å². The first-order valence-electron chi connectivity index (χ1n) is 6.81. The number of hydrogen-bond acceptors (Lipinski definition) is 5. The Balaban J connectivity index is 1.78. The van der Waals surface area contributed by atoms with Gasteiger partial charge in [0.05, 0.1) is 5.39 Å². The van der Waals surface area contributed by atoms with Crippen molar-refractivity contribution in [3.63, 3.8) is 0 Å². The lowest BCUT2D eigenvalue weighted by Crippen LogP contribution is -2.35. The largest absolute Gasteiger partial charge is 0.481 e. The van der Waals surface area contributed by atoms with E-state index in [1.807, 2.05) is 0 Å². The van der Waals surface area contributed by atoms with Crippen LogP contribution in [0.2, 0.25) is 0 Å². The minimum atomic E-state index is -0.693. The first kappa shape index (κ1) is 13.3. The van der Waals surface area contributed by atoms with Gasteiger partial charge in [-0.15, -0.1) is 11.3 Å². The van der Waals surface area contributed by atoms with Crippen molar-refractivity contribution in [1.82, 2.24) is 9.97 Å². The van der Waals surface area contributed by atoms with Gasteiger partial charge in [0.15, 0.2) is 0 Å². The maximum absolute atomic E-state index is 10.8. The Morgan fingerprint density at radius 2 is 2.20 bits per heavy atom. The Kier molecular flexibility index (Phi) is 3.56. The number of aliphatic carboxylic acids is 1. The Bertz CT molecular complexity index is 632. The molecule has 0 bridgehead atoms. The molecule has 0 aliphatic carbocycles. The van der Waals surface area contributed by atoms with Crippen molar-refractivity contribution in [2.24, 2.45) is 5.92 Å². The van der Waals surface area contributed by atoms with Crippen molar-refractivity contribution >= 4 is 33.3 Å². The normalized spacial score (nSPS) is 16.8. The SMILES string of the molecule is Cc1cc2c(N3CCC(CC(=O)O)CC3)ncnc2s1. The third-order valence-corrected chi connectivity index (χ3v) is 4.77. The molecular formula is C14H17N3O2S. The van der Waals surface area contributed by atoms with Crippen LogP contribution in [-0.2, 0) is 4.79 Å². The van der Waals surface area contributed by atoms with Gasteiger partial charge in [-0.2, -0.15) is 0 Å². The molecule has 2 aromatic rings. The second-order valence-corrected chi connectivity index (χ2v) is 6.54. The molecule has 6 heteroatoms. The molecule has 0 aromatic carbocycles. The van der Waals surface area contributed by atoms with Crippen LogP contribution in [0.15, 0.2) is 12.4 Å². The van der Waals surface area contributed by atoms with Crippen molar-refractivity contribution in [1.29, 1.82) is 0 Å². The standard InChI is InChI=1S/C14H17N3O2S/c1-9-6-11-13(15-8-16-14(11)20-9)17-4-2-10(3-5-17)7-12(18)19/h6,8,10H,2-5,7H2,1H3,(H,18,19). The minimum absolute atomic E-state index is 0.282. The van der Waals surface area contributed by atoms with Gasteiger partial charge >= 0.3 is 5.97 Å². The highest BCUT2D eigenvalue weighted by Crippen LogP contribution is 2.32. The molecule has 0 saturated carbocycles. The lowest BCUT2D eigenvalue weighted by molar-refractivity contribution is -0.138. The van der Waals surface area contributed by atoms with Gasteiger partial charge in [0.25, 0.3) is 0 Å². The molecule has 1 aliphatic heterocycles. The first-order chi connectivity index (χ1) is 9.63. The number of carbonyl (C=O) groups is 1. The summed E-state index contributed by atoms with van der Waals surface area (Å²) in [5.41, 5.74) is 0. The smallest absolute Gasteiger partial charge is 0.303 e. The second kappa shape index (κ2) is 5.36. The van der Waals surface area contributed by atoms with E-state index in [1.54, 1.807) is 17.7 Å². The van der Waals surface area contributed by atoms with E-state index in [9.17, 15) is 4.79 Å². The minimum Gasteiger partial charge on any atom is -0.481 e. The number of fused-ring (bicyclic) bond motifs is 1. The van der Waals surface area contributed by atoms with E-state index in [2.05, 4.69) is 27.9 Å². The number of thiophene rings is 1. The maximum atomic E-state index is 10.8. The van der Waals surface area contributed by atoms with E-state index in [4.69, 9.17) is 5.11 Å². The van der Waals surface area contributed by atoms with E-state index in [0.29, 0.717) is 5.92 Å². The monoisotopic (exact) mass is 291 g/mol. The molecule has 0 amide bonds. The van der Waals surface area contributed by atoms with Crippen molar-refractivity contribution in [2.45, 2.75) is 26.2 Å². The first-order valence-corrected chi connectivity index (χ1v) is 7.63. The quantitative estimate of drug-likeness (QED) is 0.941. The number of piperidine rings is 1. The van der Waals surface area contributed by atoms with E-state index in [-0.39, 0.29) is 6.42 Å². The van der Waals surface area contributed by atoms with Crippen molar-refractivity contribution < 1.29 is 9.90 Å². The summed E-state index contributed by atoms with van der Waals surface area (Å²) in [6.07, 6.45) is 3.74. The van der Waals surface area contributed by atoms with Gasteiger partial charge in [-0.05, 0) is 31.7 Å². The number of carboxylic acid groups (broad SMARTS) is 1. The van der Waals surface area contributed by atoms with Gasteiger partial charge < -0.3 is 10.0 Å². The van der Waals surface area contributed by atoms with Crippen molar-refractivity contribution in [3.8, 4) is 0 Å². The molecule has 2 aromatic heterocycles. The predicted octanol–water partition coefficient (Wildman–Crippen LogP) is 2.69. The zero-order valence-electron chi connectivity index (χ0n) is 11.4. The van der Waals surface area contributed by atoms with Gasteiger partial charge in [0.1, 0.15) is 17.0 Å². The second-order valence-electron chi connectivity index (χ2n) is 5.30. The summed E-state index contributed by atoms with van der Waals surface area (Å²) in [5.74, 6) is 0.597. The summed E-state index contributed by atoms with van der Waals surface area (Å²) in [6, 6.07) is 2.14. The average Bonchev–Trinajstić information content (AvgIpc) is 2.79. The molecule has 1 aliphatic rings. The zero-order valence-corrected chi connectivity index (χ0v) is 12.2. The number of carboxylic acids is 1. The average molecular weight is 291 g/mol. The van der Waals surface area contributed by atoms with Gasteiger partial charge in [-0.3, -0.25) is 4.79 Å². The summed E-state index contributed by atoms with van der Waals surface area (Å²) in [7, 11) is 0. The molecule has 1 N–H and O–H groups in total. The molecule has 1 saturated heterocycles. The van der Waals surface area contributed by atoms with Crippen LogP contribution in [0.5, 0.6) is 0 Å². The highest BCUT2D eigenvalue weighted by molar-refractivity contribution is 7.18. The maximum Gasteiger partial charge on any atom is 0.303 e. The number of aryl methyl sites for hydroxylation is 1. The summed E-state index contributed by atoms with van der Waals surface area (Å²) < 4.78 is 0. The number of anilines is 1. The Morgan fingerprint density at radius 3 is 2.90 bits per heavy atom. The Hall–Kier alpha value is -1.69. The molecule has 0 unspecified atom stereocenters. The van der Waals surface area contributed by atoms with Crippen molar-refractivity contribution in [2.75, 3.05) is 18.0 Å². The molecule has 3 rings (SSSR count). The van der Waals surface area contributed by atoms with Gasteiger partial charge in [0.2, 0.25) is 0 Å². The van der Waals surface area contributed by atoms with Crippen LogP contribution in [0.4, 0.5) is 5.82 Å². The molecule has 3 heterocycles. The molecule has 0 radical (unpaired) electrons. The Morgan fingerprint density at radius 1 is 1.45 bits per heavy atom.